The summed E-state index contributed by atoms with van der Waals surface area (Å²) in [5.41, 5.74) is 2.11. The van der Waals surface area contributed by atoms with E-state index in [2.05, 4.69) is 4.99 Å². The number of aryl methyl sites for hydroxylation is 1. The van der Waals surface area contributed by atoms with Crippen molar-refractivity contribution in [2.24, 2.45) is 4.99 Å². The second-order valence-electron chi connectivity index (χ2n) is 7.31. The Balaban J connectivity index is 1.50. The number of aliphatic hydroxyl groups is 1. The molecule has 0 saturated carbocycles. The van der Waals surface area contributed by atoms with Gasteiger partial charge in [0.2, 0.25) is 5.96 Å². The normalized spacial score (nSPS) is 23.8. The summed E-state index contributed by atoms with van der Waals surface area (Å²) in [4.78, 5) is 37.2. The molecule has 3 aliphatic heterocycles. The smallest absolute Gasteiger partial charge is 0.328 e. The van der Waals surface area contributed by atoms with E-state index in [4.69, 9.17) is 0 Å². The third kappa shape index (κ3) is 2.93. The minimum Gasteiger partial charge on any atom is -0.395 e. The maximum atomic E-state index is 13.2. The summed E-state index contributed by atoms with van der Waals surface area (Å²) in [6, 6.07) is 9.19. The number of urea groups is 1. The molecule has 3 amide bonds. The van der Waals surface area contributed by atoms with Crippen LogP contribution in [0.5, 0.6) is 0 Å². The van der Waals surface area contributed by atoms with Crippen LogP contribution in [-0.4, -0.2) is 81.6 Å². The minimum absolute atomic E-state index is 0.0122. The number of amides is 3. The average Bonchev–Trinajstić information content (AvgIpc) is 3.20. The van der Waals surface area contributed by atoms with Gasteiger partial charge in [-0.1, -0.05) is 30.3 Å². The van der Waals surface area contributed by atoms with E-state index in [-0.39, 0.29) is 18.5 Å². The number of hydrogen-bond donors (Lipinski definition) is 1. The Morgan fingerprint density at radius 3 is 2.57 bits per heavy atom. The Hall–Kier alpha value is -2.87. The number of aliphatic imine (C=N–C) groups is 1. The number of carbonyl (C=O) groups is 2. The van der Waals surface area contributed by atoms with Gasteiger partial charge in [-0.25, -0.2) is 9.79 Å². The Morgan fingerprint density at radius 1 is 1.11 bits per heavy atom. The molecular formula is C20H25N5O3. The van der Waals surface area contributed by atoms with Gasteiger partial charge in [-0.3, -0.25) is 9.69 Å². The summed E-state index contributed by atoms with van der Waals surface area (Å²) in [6.07, 6.45) is 2.87. The second-order valence-corrected chi connectivity index (χ2v) is 7.31. The van der Waals surface area contributed by atoms with Gasteiger partial charge in [0.15, 0.2) is 12.2 Å². The van der Waals surface area contributed by atoms with Gasteiger partial charge < -0.3 is 19.8 Å². The molecule has 2 unspecified atom stereocenters. The molecule has 0 aromatic heterocycles. The molecular weight excluding hydrogens is 358 g/mol. The lowest BCUT2D eigenvalue weighted by molar-refractivity contribution is -0.136. The van der Waals surface area contributed by atoms with Crippen LogP contribution < -0.4 is 0 Å². The highest BCUT2D eigenvalue weighted by Crippen LogP contribution is 2.33. The van der Waals surface area contributed by atoms with Crippen LogP contribution in [0.15, 0.2) is 47.2 Å². The molecule has 0 spiro atoms. The number of β-amino-alcohol motifs (C(OH)–C–C–N with tert-alkyl or cyclic N) is 1. The number of guanidine groups is 1. The van der Waals surface area contributed by atoms with Crippen LogP contribution in [0, 0.1) is 0 Å². The Morgan fingerprint density at radius 2 is 1.86 bits per heavy atom. The molecule has 4 rings (SSSR count). The van der Waals surface area contributed by atoms with Crippen molar-refractivity contribution < 1.29 is 14.7 Å². The van der Waals surface area contributed by atoms with Crippen molar-refractivity contribution >= 4 is 17.9 Å². The van der Waals surface area contributed by atoms with Crippen LogP contribution in [0.1, 0.15) is 18.9 Å². The van der Waals surface area contributed by atoms with E-state index in [1.165, 1.54) is 10.5 Å². The lowest BCUT2D eigenvalue weighted by atomic mass is 10.1. The summed E-state index contributed by atoms with van der Waals surface area (Å²) in [6.45, 7) is 2.70. The first-order chi connectivity index (χ1) is 13.5. The monoisotopic (exact) mass is 383 g/mol. The lowest BCUT2D eigenvalue weighted by Crippen LogP contribution is -2.64. The molecule has 1 fully saturated rings. The predicted octanol–water partition coefficient (Wildman–Crippen LogP) is 1.05. The molecule has 0 radical (unpaired) electrons. The summed E-state index contributed by atoms with van der Waals surface area (Å²) in [5.74, 6) is 0.412. The number of rotatable bonds is 6. The number of fused-ring (bicyclic) bond motifs is 3. The summed E-state index contributed by atoms with van der Waals surface area (Å²) in [7, 11) is 1.69. The van der Waals surface area contributed by atoms with Crippen molar-refractivity contribution in [3.8, 4) is 0 Å². The van der Waals surface area contributed by atoms with Crippen molar-refractivity contribution in [1.29, 1.82) is 0 Å². The number of nitrogens with zero attached hydrogens (tertiary/aromatic N) is 5. The van der Waals surface area contributed by atoms with Crippen LogP contribution in [-0.2, 0) is 11.2 Å². The van der Waals surface area contributed by atoms with Gasteiger partial charge in [-0.05, 0) is 25.3 Å². The first kappa shape index (κ1) is 18.5. The molecule has 0 aliphatic carbocycles. The maximum absolute atomic E-state index is 13.2. The first-order valence-corrected chi connectivity index (χ1v) is 9.58. The van der Waals surface area contributed by atoms with E-state index >= 15 is 0 Å². The van der Waals surface area contributed by atoms with Crippen LogP contribution in [0.3, 0.4) is 0 Å². The van der Waals surface area contributed by atoms with E-state index < -0.39 is 12.2 Å². The average molecular weight is 383 g/mol. The maximum Gasteiger partial charge on any atom is 0.328 e. The molecule has 1 aromatic rings. The number of likely N-dealkylation sites (N-methyl/N-ethyl adjacent to an activating group) is 1. The van der Waals surface area contributed by atoms with Gasteiger partial charge in [-0.15, -0.1) is 0 Å². The van der Waals surface area contributed by atoms with Crippen LogP contribution >= 0.6 is 0 Å². The molecule has 8 nitrogen and oxygen atoms in total. The fourth-order valence-corrected chi connectivity index (χ4v) is 4.07. The number of benzene rings is 1. The van der Waals surface area contributed by atoms with Crippen LogP contribution in [0.25, 0.3) is 0 Å². The fraction of sp³-hybridized carbons (Fsp3) is 0.450. The van der Waals surface area contributed by atoms with Gasteiger partial charge in [0.05, 0.1) is 6.61 Å². The van der Waals surface area contributed by atoms with Gasteiger partial charge in [-0.2, -0.15) is 0 Å². The first-order valence-electron chi connectivity index (χ1n) is 9.58. The number of imide groups is 1. The van der Waals surface area contributed by atoms with Crippen molar-refractivity contribution in [2.75, 3.05) is 26.7 Å². The number of hydrogen-bond acceptors (Lipinski definition) is 6. The van der Waals surface area contributed by atoms with Gasteiger partial charge in [0, 0.05) is 32.0 Å². The van der Waals surface area contributed by atoms with Crippen molar-refractivity contribution in [2.45, 2.75) is 32.0 Å². The van der Waals surface area contributed by atoms with E-state index in [1.807, 2.05) is 53.3 Å². The summed E-state index contributed by atoms with van der Waals surface area (Å²) in [5, 5.41) is 9.32. The topological polar surface area (TPSA) is 79.7 Å². The fourth-order valence-electron chi connectivity index (χ4n) is 4.07. The highest BCUT2D eigenvalue weighted by atomic mass is 16.3. The molecule has 1 saturated heterocycles. The predicted molar refractivity (Wildman–Crippen MR) is 104 cm³/mol. The Labute approximate surface area is 164 Å². The third-order valence-corrected chi connectivity index (χ3v) is 5.52. The van der Waals surface area contributed by atoms with E-state index in [1.54, 1.807) is 11.9 Å². The number of aliphatic hydroxyl groups excluding tert-OH is 1. The van der Waals surface area contributed by atoms with E-state index in [0.29, 0.717) is 25.5 Å². The van der Waals surface area contributed by atoms with E-state index in [0.717, 1.165) is 12.1 Å². The summed E-state index contributed by atoms with van der Waals surface area (Å²) < 4.78 is 0. The van der Waals surface area contributed by atoms with Gasteiger partial charge in [0.1, 0.15) is 0 Å². The number of carbonyl (C=O) groups excluding carboxylic acids is 2. The molecule has 8 heteroatoms. The highest BCUT2D eigenvalue weighted by molar-refractivity contribution is 6.04. The van der Waals surface area contributed by atoms with Crippen molar-refractivity contribution in [3.63, 3.8) is 0 Å². The third-order valence-electron chi connectivity index (χ3n) is 5.52. The molecule has 2 atom stereocenters. The minimum atomic E-state index is -0.548. The Bertz CT molecular complexity index is 838. The zero-order valence-electron chi connectivity index (χ0n) is 16.2. The SMILES string of the molecule is CC1=CN2C(=NC3C2C(=O)N(CCCc2ccccc2)C(=O)N3C)N1CCO. The molecule has 28 heavy (non-hydrogen) atoms. The Kier molecular flexibility index (Phi) is 4.80. The van der Waals surface area contributed by atoms with Crippen LogP contribution in [0.2, 0.25) is 0 Å². The molecule has 3 heterocycles. The highest BCUT2D eigenvalue weighted by Gasteiger charge is 2.53. The molecule has 3 aliphatic rings. The van der Waals surface area contributed by atoms with Gasteiger partial charge >= 0.3 is 6.03 Å². The van der Waals surface area contributed by atoms with Crippen molar-refractivity contribution in [3.05, 3.63) is 47.8 Å². The molecule has 1 N–H and O–H groups in total. The second kappa shape index (κ2) is 7.27. The molecule has 148 valence electrons. The lowest BCUT2D eigenvalue weighted by Gasteiger charge is -2.40. The van der Waals surface area contributed by atoms with E-state index in [9.17, 15) is 14.7 Å². The quantitative estimate of drug-likeness (QED) is 0.794. The number of allylic oxidation sites excluding steroid dienone is 1. The van der Waals surface area contributed by atoms with Gasteiger partial charge in [0.25, 0.3) is 5.91 Å². The van der Waals surface area contributed by atoms with Crippen LogP contribution in [0.4, 0.5) is 4.79 Å². The zero-order valence-corrected chi connectivity index (χ0v) is 16.2. The zero-order chi connectivity index (χ0) is 19.8. The molecule has 1 aromatic carbocycles. The van der Waals surface area contributed by atoms with Crippen molar-refractivity contribution in [1.82, 2.24) is 19.6 Å². The molecule has 0 bridgehead atoms. The largest absolute Gasteiger partial charge is 0.395 e. The summed E-state index contributed by atoms with van der Waals surface area (Å²) >= 11 is 0. The standard InChI is InChI=1S/C20H25N5O3/c1-14-13-25-16-17(21-19(25)23(14)11-12-26)22(2)20(28)24(18(16)27)10-6-9-15-7-4-3-5-8-15/h3-5,7-8,13,16-17,26H,6,9-12H2,1-2H3.